The molecule has 0 saturated heterocycles. The number of carbonyl (C=O) groups excluding carboxylic acids is 2. The molecule has 0 radical (unpaired) electrons. The minimum absolute atomic E-state index is 0.193. The van der Waals surface area contributed by atoms with Gasteiger partial charge in [-0.15, -0.1) is 11.8 Å². The van der Waals surface area contributed by atoms with Crippen molar-refractivity contribution >= 4 is 47.2 Å². The third-order valence-corrected chi connectivity index (χ3v) is 6.77. The number of carbonyl (C=O) groups is 2. The van der Waals surface area contributed by atoms with Crippen LogP contribution in [0.3, 0.4) is 0 Å². The normalized spacial score (nSPS) is 13.2. The summed E-state index contributed by atoms with van der Waals surface area (Å²) >= 11 is 2.97. The molecule has 0 fully saturated rings. The number of nitrogens with zero attached hydrogens (tertiary/aromatic N) is 1. The van der Waals surface area contributed by atoms with E-state index in [4.69, 9.17) is 0 Å². The van der Waals surface area contributed by atoms with Crippen LogP contribution in [0.15, 0.2) is 92.6 Å². The molecule has 1 heterocycles. The van der Waals surface area contributed by atoms with E-state index >= 15 is 0 Å². The maximum absolute atomic E-state index is 13.0. The SMILES string of the molecule is CS/C(=C\N=C\c1ccc(F)cc1)CNC(=O)c1ccc2c(c1)NC(=O)c1ccccc1S2. The van der Waals surface area contributed by atoms with E-state index in [1.165, 1.54) is 35.7 Å². The summed E-state index contributed by atoms with van der Waals surface area (Å²) in [6, 6.07) is 18.7. The number of fused-ring (bicyclic) bond motifs is 2. The second-order valence-corrected chi connectivity index (χ2v) is 9.09. The molecule has 3 aromatic rings. The fourth-order valence-electron chi connectivity index (χ4n) is 3.10. The lowest BCUT2D eigenvalue weighted by Crippen LogP contribution is -2.25. The summed E-state index contributed by atoms with van der Waals surface area (Å²) in [5, 5.41) is 5.78. The summed E-state index contributed by atoms with van der Waals surface area (Å²) in [6.45, 7) is 0.310. The van der Waals surface area contributed by atoms with Crippen molar-refractivity contribution in [2.24, 2.45) is 4.99 Å². The lowest BCUT2D eigenvalue weighted by Gasteiger charge is -2.10. The molecule has 5 nitrogen and oxygen atoms in total. The van der Waals surface area contributed by atoms with Crippen molar-refractivity contribution in [3.63, 3.8) is 0 Å². The highest BCUT2D eigenvalue weighted by Crippen LogP contribution is 2.39. The number of thioether (sulfide) groups is 1. The molecule has 0 atom stereocenters. The highest BCUT2D eigenvalue weighted by Gasteiger charge is 2.20. The third-order valence-electron chi connectivity index (χ3n) is 4.84. The molecular weight excluding hydrogens is 457 g/mol. The van der Waals surface area contributed by atoms with Gasteiger partial charge in [0.25, 0.3) is 11.8 Å². The van der Waals surface area contributed by atoms with Crippen molar-refractivity contribution in [1.82, 2.24) is 5.32 Å². The molecule has 0 spiro atoms. The van der Waals surface area contributed by atoms with Gasteiger partial charge in [-0.2, -0.15) is 0 Å². The fourth-order valence-corrected chi connectivity index (χ4v) is 4.50. The van der Waals surface area contributed by atoms with Gasteiger partial charge in [0.2, 0.25) is 0 Å². The summed E-state index contributed by atoms with van der Waals surface area (Å²) in [5.74, 6) is -0.738. The number of hydrogen-bond acceptors (Lipinski definition) is 5. The van der Waals surface area contributed by atoms with Crippen LogP contribution in [0, 0.1) is 5.82 Å². The lowest BCUT2D eigenvalue weighted by molar-refractivity contribution is 0.0956. The van der Waals surface area contributed by atoms with Gasteiger partial charge in [-0.25, -0.2) is 4.39 Å². The molecule has 3 aromatic carbocycles. The highest BCUT2D eigenvalue weighted by molar-refractivity contribution is 8.02. The summed E-state index contributed by atoms with van der Waals surface area (Å²) in [6.07, 6.45) is 5.19. The van der Waals surface area contributed by atoms with Crippen molar-refractivity contribution in [3.05, 3.63) is 100 Å². The van der Waals surface area contributed by atoms with E-state index in [2.05, 4.69) is 15.6 Å². The molecule has 1 aliphatic heterocycles. The van der Waals surface area contributed by atoms with Gasteiger partial charge in [0.1, 0.15) is 5.82 Å². The minimum Gasteiger partial charge on any atom is -0.347 e. The van der Waals surface area contributed by atoms with E-state index < -0.39 is 0 Å². The molecule has 0 unspecified atom stereocenters. The first-order chi connectivity index (χ1) is 16.0. The average molecular weight is 478 g/mol. The summed E-state index contributed by atoms with van der Waals surface area (Å²) in [4.78, 5) is 32.1. The van der Waals surface area contributed by atoms with Crippen LogP contribution in [0.25, 0.3) is 0 Å². The Morgan fingerprint density at radius 1 is 1.12 bits per heavy atom. The Labute approximate surface area is 199 Å². The number of aliphatic imine (C=N–C) groups is 1. The Morgan fingerprint density at radius 3 is 2.70 bits per heavy atom. The Balaban J connectivity index is 1.42. The van der Waals surface area contributed by atoms with E-state index in [1.54, 1.807) is 42.7 Å². The van der Waals surface area contributed by atoms with Crippen molar-refractivity contribution < 1.29 is 14.0 Å². The van der Waals surface area contributed by atoms with Crippen LogP contribution in [0.5, 0.6) is 0 Å². The molecule has 33 heavy (non-hydrogen) atoms. The van der Waals surface area contributed by atoms with E-state index in [9.17, 15) is 14.0 Å². The van der Waals surface area contributed by atoms with Crippen LogP contribution in [0.4, 0.5) is 10.1 Å². The van der Waals surface area contributed by atoms with Crippen LogP contribution < -0.4 is 10.6 Å². The second kappa shape index (κ2) is 10.5. The van der Waals surface area contributed by atoms with Crippen LogP contribution in [0.2, 0.25) is 0 Å². The smallest absolute Gasteiger partial charge is 0.256 e. The Hall–Kier alpha value is -3.36. The van der Waals surface area contributed by atoms with Gasteiger partial charge in [-0.3, -0.25) is 14.6 Å². The first kappa shape index (κ1) is 22.8. The largest absolute Gasteiger partial charge is 0.347 e. The van der Waals surface area contributed by atoms with E-state index in [1.807, 2.05) is 30.5 Å². The molecular formula is C25H20FN3O2S2. The van der Waals surface area contributed by atoms with Gasteiger partial charge in [0.15, 0.2) is 0 Å². The lowest BCUT2D eigenvalue weighted by atomic mass is 10.1. The fraction of sp³-hybridized carbons (Fsp3) is 0.0800. The second-order valence-electron chi connectivity index (χ2n) is 7.08. The number of rotatable bonds is 6. The highest BCUT2D eigenvalue weighted by atomic mass is 32.2. The zero-order valence-corrected chi connectivity index (χ0v) is 19.3. The molecule has 2 amide bonds. The third kappa shape index (κ3) is 5.71. The van der Waals surface area contributed by atoms with Gasteiger partial charge in [-0.05, 0) is 54.3 Å². The van der Waals surface area contributed by atoms with Crippen molar-refractivity contribution in [2.75, 3.05) is 18.1 Å². The molecule has 166 valence electrons. The monoisotopic (exact) mass is 477 g/mol. The molecule has 0 aliphatic carbocycles. The maximum atomic E-state index is 13.0. The van der Waals surface area contributed by atoms with Crippen LogP contribution in [-0.4, -0.2) is 30.8 Å². The maximum Gasteiger partial charge on any atom is 0.256 e. The molecule has 2 N–H and O–H groups in total. The predicted molar refractivity (Wildman–Crippen MR) is 133 cm³/mol. The standard InChI is InChI=1S/C25H20FN3O2S2/c1-32-19(14-27-13-16-6-9-18(26)10-7-16)15-28-24(30)17-8-11-23-21(12-17)29-25(31)20-4-2-3-5-22(20)33-23/h2-14H,15H2,1H3,(H,28,30)(H,29,31)/b19-14-,27-13+. The topological polar surface area (TPSA) is 70.6 Å². The molecule has 8 heteroatoms. The van der Waals surface area contributed by atoms with E-state index in [-0.39, 0.29) is 17.6 Å². The number of nitrogens with one attached hydrogen (secondary N) is 2. The van der Waals surface area contributed by atoms with E-state index in [0.29, 0.717) is 23.4 Å². The molecule has 0 bridgehead atoms. The van der Waals surface area contributed by atoms with Gasteiger partial charge in [-0.1, -0.05) is 36.0 Å². The van der Waals surface area contributed by atoms with Gasteiger partial charge < -0.3 is 10.6 Å². The number of hydrogen-bond donors (Lipinski definition) is 2. The number of halogens is 1. The van der Waals surface area contributed by atoms with Crippen molar-refractivity contribution in [3.8, 4) is 0 Å². The predicted octanol–water partition coefficient (Wildman–Crippen LogP) is 5.60. The quantitative estimate of drug-likeness (QED) is 0.454. The van der Waals surface area contributed by atoms with Crippen molar-refractivity contribution in [2.45, 2.75) is 9.79 Å². The zero-order chi connectivity index (χ0) is 23.2. The summed E-state index contributed by atoms with van der Waals surface area (Å²) < 4.78 is 13.0. The molecule has 0 saturated carbocycles. The van der Waals surface area contributed by atoms with E-state index in [0.717, 1.165) is 20.3 Å². The zero-order valence-electron chi connectivity index (χ0n) is 17.7. The van der Waals surface area contributed by atoms with Gasteiger partial charge >= 0.3 is 0 Å². The average Bonchev–Trinajstić information content (AvgIpc) is 2.97. The van der Waals surface area contributed by atoms with Crippen LogP contribution in [0.1, 0.15) is 26.3 Å². The Kier molecular flexibility index (Phi) is 7.26. The summed E-state index contributed by atoms with van der Waals surface area (Å²) in [5.41, 5.74) is 2.46. The minimum atomic E-state index is -0.296. The first-order valence-electron chi connectivity index (χ1n) is 10.1. The molecule has 0 aromatic heterocycles. The van der Waals surface area contributed by atoms with Crippen molar-refractivity contribution in [1.29, 1.82) is 0 Å². The van der Waals surface area contributed by atoms with Crippen LogP contribution in [-0.2, 0) is 0 Å². The number of amides is 2. The first-order valence-corrected chi connectivity index (χ1v) is 12.1. The molecule has 4 rings (SSSR count). The number of anilines is 1. The Morgan fingerprint density at radius 2 is 1.91 bits per heavy atom. The number of benzene rings is 3. The van der Waals surface area contributed by atoms with Gasteiger partial charge in [0, 0.05) is 32.7 Å². The Bertz CT molecular complexity index is 1260. The van der Waals surface area contributed by atoms with Gasteiger partial charge in [0.05, 0.1) is 17.8 Å². The molecule has 1 aliphatic rings. The van der Waals surface area contributed by atoms with Crippen LogP contribution >= 0.6 is 23.5 Å². The summed E-state index contributed by atoms with van der Waals surface area (Å²) in [7, 11) is 0.